The number of sulfonamides is 1. The maximum atomic E-state index is 12.9. The molecule has 0 atom stereocenters. The van der Waals surface area contributed by atoms with E-state index in [1.807, 2.05) is 6.92 Å². The lowest BCUT2D eigenvalue weighted by Crippen LogP contribution is -2.30. The zero-order valence-corrected chi connectivity index (χ0v) is 16.4. The summed E-state index contributed by atoms with van der Waals surface area (Å²) in [6, 6.07) is 6.71. The number of unbranched alkanes of at least 4 members (excludes halogenated alkanes) is 1. The van der Waals surface area contributed by atoms with Crippen LogP contribution in [0.4, 0.5) is 5.13 Å². The van der Waals surface area contributed by atoms with Crippen LogP contribution in [-0.4, -0.2) is 34.2 Å². The van der Waals surface area contributed by atoms with Crippen LogP contribution in [0.25, 0.3) is 10.9 Å². The van der Waals surface area contributed by atoms with Crippen LogP contribution in [0.2, 0.25) is 0 Å². The third-order valence-electron chi connectivity index (χ3n) is 3.98. The highest BCUT2D eigenvalue weighted by Crippen LogP contribution is 2.27. The number of hydrogen-bond acceptors (Lipinski definition) is 8. The topological polar surface area (TPSA) is 157 Å². The van der Waals surface area contributed by atoms with Gasteiger partial charge in [-0.25, -0.2) is 13.6 Å². The van der Waals surface area contributed by atoms with Crippen molar-refractivity contribution >= 4 is 43.3 Å². The Labute approximate surface area is 163 Å². The number of nitrogens with zero attached hydrogens (tertiary/aromatic N) is 3. The Bertz CT molecular complexity index is 1220. The molecule has 0 aliphatic rings. The monoisotopic (exact) mass is 423 g/mol. The SMILES string of the molecule is CCCCn1c(=O)c(C(=O)Nc2nnc(S(N)(=O)=O)s2)c(O)c2ccccc21. The van der Waals surface area contributed by atoms with Gasteiger partial charge in [0, 0.05) is 11.9 Å². The number of benzene rings is 1. The number of anilines is 1. The molecular weight excluding hydrogens is 406 g/mol. The summed E-state index contributed by atoms with van der Waals surface area (Å²) in [5, 5.41) is 24.9. The highest BCUT2D eigenvalue weighted by molar-refractivity contribution is 7.91. The first-order valence-corrected chi connectivity index (χ1v) is 10.6. The van der Waals surface area contributed by atoms with Crippen LogP contribution in [-0.2, 0) is 16.6 Å². The molecule has 0 bridgehead atoms. The summed E-state index contributed by atoms with van der Waals surface area (Å²) in [6.07, 6.45) is 1.55. The van der Waals surface area contributed by atoms with Gasteiger partial charge in [-0.15, -0.1) is 10.2 Å². The number of primary sulfonamides is 1. The fraction of sp³-hybridized carbons (Fsp3) is 0.250. The molecule has 2 heterocycles. The minimum absolute atomic E-state index is 0.166. The molecule has 12 heteroatoms. The Hall–Kier alpha value is -2.83. The van der Waals surface area contributed by atoms with Gasteiger partial charge < -0.3 is 9.67 Å². The van der Waals surface area contributed by atoms with Crippen LogP contribution in [0.5, 0.6) is 5.75 Å². The Morgan fingerprint density at radius 3 is 2.68 bits per heavy atom. The molecule has 0 aliphatic carbocycles. The highest BCUT2D eigenvalue weighted by atomic mass is 32.2. The number of aromatic nitrogens is 3. The summed E-state index contributed by atoms with van der Waals surface area (Å²) in [5.41, 5.74) is -0.595. The van der Waals surface area contributed by atoms with E-state index >= 15 is 0 Å². The van der Waals surface area contributed by atoms with E-state index in [2.05, 4.69) is 15.5 Å². The van der Waals surface area contributed by atoms with Gasteiger partial charge in [-0.05, 0) is 18.6 Å². The second kappa shape index (κ2) is 7.66. The van der Waals surface area contributed by atoms with Gasteiger partial charge in [-0.2, -0.15) is 0 Å². The number of fused-ring (bicyclic) bond motifs is 1. The third-order valence-corrected chi connectivity index (χ3v) is 6.13. The van der Waals surface area contributed by atoms with Crippen LogP contribution < -0.4 is 16.0 Å². The molecule has 0 saturated carbocycles. The number of carbonyl (C=O) groups excluding carboxylic acids is 1. The van der Waals surface area contributed by atoms with E-state index in [1.165, 1.54) is 4.57 Å². The van der Waals surface area contributed by atoms with Crippen molar-refractivity contribution in [3.05, 3.63) is 40.2 Å². The number of aryl methyl sites for hydroxylation is 1. The maximum Gasteiger partial charge on any atom is 0.267 e. The molecule has 2 aromatic heterocycles. The molecule has 3 rings (SSSR count). The summed E-state index contributed by atoms with van der Waals surface area (Å²) < 4.78 is 23.5. The van der Waals surface area contributed by atoms with E-state index in [-0.39, 0.29) is 5.13 Å². The smallest absolute Gasteiger partial charge is 0.267 e. The van der Waals surface area contributed by atoms with Crippen LogP contribution in [0, 0.1) is 0 Å². The zero-order valence-electron chi connectivity index (χ0n) is 14.7. The Morgan fingerprint density at radius 2 is 2.04 bits per heavy atom. The van der Waals surface area contributed by atoms with Crippen molar-refractivity contribution in [2.75, 3.05) is 5.32 Å². The van der Waals surface area contributed by atoms with E-state index < -0.39 is 37.1 Å². The number of aromatic hydroxyl groups is 1. The number of hydrogen-bond donors (Lipinski definition) is 3. The van der Waals surface area contributed by atoms with Gasteiger partial charge in [0.2, 0.25) is 9.47 Å². The van der Waals surface area contributed by atoms with Crippen molar-refractivity contribution in [3.8, 4) is 5.75 Å². The number of carbonyl (C=O) groups is 1. The van der Waals surface area contributed by atoms with E-state index in [4.69, 9.17) is 5.14 Å². The van der Waals surface area contributed by atoms with Crippen LogP contribution in [0.15, 0.2) is 33.4 Å². The number of pyridine rings is 1. The van der Waals surface area contributed by atoms with Crippen molar-refractivity contribution in [2.24, 2.45) is 5.14 Å². The van der Waals surface area contributed by atoms with Gasteiger partial charge in [0.05, 0.1) is 5.52 Å². The molecule has 28 heavy (non-hydrogen) atoms. The third kappa shape index (κ3) is 3.74. The first-order valence-electron chi connectivity index (χ1n) is 8.26. The minimum Gasteiger partial charge on any atom is -0.506 e. The lowest BCUT2D eigenvalue weighted by atomic mass is 10.1. The molecule has 0 radical (unpaired) electrons. The van der Waals surface area contributed by atoms with E-state index in [0.717, 1.165) is 6.42 Å². The molecule has 10 nitrogen and oxygen atoms in total. The first kappa shape index (κ1) is 19.9. The summed E-state index contributed by atoms with van der Waals surface area (Å²) in [7, 11) is -4.07. The molecule has 0 saturated heterocycles. The molecule has 0 aliphatic heterocycles. The molecule has 3 aromatic rings. The second-order valence-electron chi connectivity index (χ2n) is 5.92. The van der Waals surface area contributed by atoms with Gasteiger partial charge >= 0.3 is 0 Å². The second-order valence-corrected chi connectivity index (χ2v) is 8.64. The van der Waals surface area contributed by atoms with Crippen LogP contribution >= 0.6 is 11.3 Å². The van der Waals surface area contributed by atoms with Crippen molar-refractivity contribution in [3.63, 3.8) is 0 Å². The summed E-state index contributed by atoms with van der Waals surface area (Å²) in [6.45, 7) is 2.35. The minimum atomic E-state index is -4.07. The Morgan fingerprint density at radius 1 is 1.32 bits per heavy atom. The van der Waals surface area contributed by atoms with E-state index in [1.54, 1.807) is 24.3 Å². The van der Waals surface area contributed by atoms with Crippen molar-refractivity contribution in [2.45, 2.75) is 30.6 Å². The highest BCUT2D eigenvalue weighted by Gasteiger charge is 2.24. The van der Waals surface area contributed by atoms with Gasteiger partial charge in [-0.3, -0.25) is 14.9 Å². The lowest BCUT2D eigenvalue weighted by molar-refractivity contribution is 0.102. The Balaban J connectivity index is 2.08. The molecule has 4 N–H and O–H groups in total. The van der Waals surface area contributed by atoms with Crippen LogP contribution in [0.3, 0.4) is 0 Å². The standard InChI is InChI=1S/C16H17N5O5S2/c1-2-3-8-21-10-7-5-4-6-9(10)12(22)11(14(21)24)13(23)18-15-19-20-16(27-15)28(17,25)26/h4-7,22H,2-3,8H2,1H3,(H2,17,25,26)(H,18,19,23). The van der Waals surface area contributed by atoms with E-state index in [0.29, 0.717) is 35.2 Å². The molecule has 148 valence electrons. The molecule has 1 amide bonds. The van der Waals surface area contributed by atoms with Gasteiger partial charge in [-0.1, -0.05) is 36.8 Å². The van der Waals surface area contributed by atoms with Crippen molar-refractivity contribution in [1.82, 2.24) is 14.8 Å². The van der Waals surface area contributed by atoms with Crippen molar-refractivity contribution in [1.29, 1.82) is 0 Å². The largest absolute Gasteiger partial charge is 0.506 e. The molecule has 0 unspecified atom stereocenters. The molecule has 0 fully saturated rings. The summed E-state index contributed by atoms with van der Waals surface area (Å²) in [5.74, 6) is -1.38. The fourth-order valence-corrected chi connectivity index (χ4v) is 4.00. The maximum absolute atomic E-state index is 12.9. The number of nitrogens with one attached hydrogen (secondary N) is 1. The fourth-order valence-electron chi connectivity index (χ4n) is 2.67. The normalized spacial score (nSPS) is 11.6. The van der Waals surface area contributed by atoms with Gasteiger partial charge in [0.15, 0.2) is 0 Å². The quantitative estimate of drug-likeness (QED) is 0.504. The number of nitrogens with two attached hydrogens (primary N) is 1. The lowest BCUT2D eigenvalue weighted by Gasteiger charge is -2.14. The molecule has 0 spiro atoms. The number of rotatable bonds is 6. The predicted octanol–water partition coefficient (Wildman–Crippen LogP) is 1.26. The van der Waals surface area contributed by atoms with Gasteiger partial charge in [0.1, 0.15) is 11.3 Å². The zero-order chi connectivity index (χ0) is 20.5. The Kier molecular flexibility index (Phi) is 5.45. The number of para-hydroxylation sites is 1. The van der Waals surface area contributed by atoms with Crippen molar-refractivity contribution < 1.29 is 18.3 Å². The molecule has 1 aromatic carbocycles. The molecular formula is C16H17N5O5S2. The summed E-state index contributed by atoms with van der Waals surface area (Å²) in [4.78, 5) is 25.6. The summed E-state index contributed by atoms with van der Waals surface area (Å²) >= 11 is 0.539. The van der Waals surface area contributed by atoms with Crippen LogP contribution in [0.1, 0.15) is 30.1 Å². The van der Waals surface area contributed by atoms with E-state index in [9.17, 15) is 23.1 Å². The first-order chi connectivity index (χ1) is 13.2. The number of amides is 1. The average Bonchev–Trinajstić information content (AvgIpc) is 3.10. The predicted molar refractivity (Wildman–Crippen MR) is 104 cm³/mol. The van der Waals surface area contributed by atoms with Gasteiger partial charge in [0.25, 0.3) is 21.5 Å². The average molecular weight is 423 g/mol.